The van der Waals surface area contributed by atoms with Crippen LogP contribution < -0.4 is 0 Å². The summed E-state index contributed by atoms with van der Waals surface area (Å²) in [7, 11) is 0. The summed E-state index contributed by atoms with van der Waals surface area (Å²) in [5, 5.41) is 0. The molecule has 1 heteroatoms. The third-order valence-corrected chi connectivity index (χ3v) is 0.940. The van der Waals surface area contributed by atoms with Crippen LogP contribution in [0.4, 0.5) is 0 Å². The van der Waals surface area contributed by atoms with Crippen LogP contribution in [0.3, 0.4) is 0 Å². The van der Waals surface area contributed by atoms with Crippen LogP contribution in [0.5, 0.6) is 0 Å². The normalized spacial score (nSPS) is 8.00. The summed E-state index contributed by atoms with van der Waals surface area (Å²) in [4.78, 5) is 0. The molecule has 0 bridgehead atoms. The van der Waals surface area contributed by atoms with Gasteiger partial charge in [-0.1, -0.05) is 35.9 Å². The Hall–Kier alpha value is 0.0901. The van der Waals surface area contributed by atoms with Crippen LogP contribution in [0.25, 0.3) is 0 Å². The second-order valence-corrected chi connectivity index (χ2v) is 13.3. The average molecular weight is 252 g/mol. The minimum atomic E-state index is -0.637. The third kappa shape index (κ3) is 10.1. The van der Waals surface area contributed by atoms with Crippen molar-refractivity contribution in [3.63, 3.8) is 0 Å². The molecule has 0 aliphatic heterocycles. The van der Waals surface area contributed by atoms with E-state index >= 15 is 0 Å². The van der Waals surface area contributed by atoms with Gasteiger partial charge in [-0.3, -0.25) is 0 Å². The van der Waals surface area contributed by atoms with Crippen LogP contribution in [-0.2, 0) is 0 Å². The van der Waals surface area contributed by atoms with Gasteiger partial charge in [0.2, 0.25) is 0 Å². The molecule has 0 aliphatic rings. The van der Waals surface area contributed by atoms with Gasteiger partial charge in [0.05, 0.1) is 0 Å². The van der Waals surface area contributed by atoms with Gasteiger partial charge in [0.15, 0.2) is 0 Å². The molecule has 0 N–H and O–H groups in total. The minimum absolute atomic E-state index is 0.637. The quantitative estimate of drug-likeness (QED) is 0.664. The molecule has 0 amide bonds. The van der Waals surface area contributed by atoms with E-state index in [9.17, 15) is 0 Å². The third-order valence-electron chi connectivity index (χ3n) is 0.940. The fourth-order valence-electron chi connectivity index (χ4n) is 0.534. The Kier molecular flexibility index (Phi) is 6.83. The van der Waals surface area contributed by atoms with Gasteiger partial charge in [0.1, 0.15) is 0 Å². The van der Waals surface area contributed by atoms with Crippen molar-refractivity contribution in [2.75, 3.05) is 0 Å². The van der Waals surface area contributed by atoms with Gasteiger partial charge in [0.25, 0.3) is 0 Å². The van der Waals surface area contributed by atoms with Gasteiger partial charge >= 0.3 is 35.5 Å². The Balaban J connectivity index is 0.000000218. The van der Waals surface area contributed by atoms with E-state index in [2.05, 4.69) is 33.1 Å². The van der Waals surface area contributed by atoms with E-state index in [0.29, 0.717) is 0 Å². The number of hydrogen-bond acceptors (Lipinski definition) is 0. The Morgan fingerprint density at radius 2 is 1.27 bits per heavy atom. The predicted molar refractivity (Wildman–Crippen MR) is 54.5 cm³/mol. The van der Waals surface area contributed by atoms with E-state index in [1.807, 2.05) is 18.2 Å². The summed E-state index contributed by atoms with van der Waals surface area (Å²) < 4.78 is 7.13. The number of benzene rings is 1. The summed E-state index contributed by atoms with van der Waals surface area (Å²) in [5.74, 6) is 0. The van der Waals surface area contributed by atoms with Crippen molar-refractivity contribution >= 4 is 21.4 Å². The van der Waals surface area contributed by atoms with Crippen molar-refractivity contribution in [3.8, 4) is 0 Å². The molecule has 0 fully saturated rings. The van der Waals surface area contributed by atoms with Crippen molar-refractivity contribution < 1.29 is 0 Å². The van der Waals surface area contributed by atoms with E-state index in [-0.39, 0.29) is 0 Å². The number of aryl methyl sites for hydroxylation is 1. The molecule has 0 saturated heterocycles. The Morgan fingerprint density at radius 1 is 0.909 bits per heavy atom. The fourth-order valence-corrected chi connectivity index (χ4v) is 0.534. The van der Waals surface area contributed by atoms with Crippen molar-refractivity contribution in [3.05, 3.63) is 35.9 Å². The topological polar surface area (TPSA) is 0 Å². The van der Waals surface area contributed by atoms with Gasteiger partial charge in [-0.2, -0.15) is 0 Å². The van der Waals surface area contributed by atoms with E-state index in [0.717, 1.165) is 0 Å². The Morgan fingerprint density at radius 3 is 1.45 bits per heavy atom. The van der Waals surface area contributed by atoms with Crippen molar-refractivity contribution in [1.82, 2.24) is 0 Å². The molecule has 11 heavy (non-hydrogen) atoms. The monoisotopic (exact) mass is 252 g/mol. The Bertz CT molecular complexity index is 165. The van der Waals surface area contributed by atoms with Crippen LogP contribution >= 0.6 is 0 Å². The maximum atomic E-state index is 2.38. The Labute approximate surface area is 78.2 Å². The maximum absolute atomic E-state index is 2.38. The van der Waals surface area contributed by atoms with Crippen LogP contribution in [0, 0.1) is 6.92 Å². The molecule has 0 spiro atoms. The molecular formula is C10H17In. The number of rotatable bonds is 0. The van der Waals surface area contributed by atoms with Gasteiger partial charge in [0, 0.05) is 0 Å². The zero-order valence-electron chi connectivity index (χ0n) is 7.96. The summed E-state index contributed by atoms with van der Waals surface area (Å²) in [6.07, 6.45) is 0. The van der Waals surface area contributed by atoms with Crippen LogP contribution in [0.2, 0.25) is 14.0 Å². The predicted octanol–water partition coefficient (Wildman–Crippen LogP) is 3.37. The molecule has 60 valence electrons. The molecule has 0 aromatic heterocycles. The molecule has 1 aromatic carbocycles. The zero-order chi connectivity index (χ0) is 8.69. The van der Waals surface area contributed by atoms with Crippen LogP contribution in [0.1, 0.15) is 5.56 Å². The van der Waals surface area contributed by atoms with Crippen LogP contribution in [0.15, 0.2) is 30.3 Å². The average Bonchev–Trinajstić information content (AvgIpc) is 1.87. The summed E-state index contributed by atoms with van der Waals surface area (Å²) in [5.41, 5.74) is 1.32. The molecule has 0 saturated carbocycles. The summed E-state index contributed by atoms with van der Waals surface area (Å²) >= 11 is -0.637. The fraction of sp³-hybridized carbons (Fsp3) is 0.400. The first-order chi connectivity index (χ1) is 5.13. The molecule has 0 radical (unpaired) electrons. The molecule has 1 rings (SSSR count). The standard InChI is InChI=1S/C7H8.3CH3.In/c1-7-5-3-2-4-6-7;;;;/h2-6H,1H3;3*1H3;. The molecule has 0 nitrogen and oxygen atoms in total. The SMILES string of the molecule is Cc1ccccc1.[CH3][In]([CH3])[CH3]. The summed E-state index contributed by atoms with van der Waals surface area (Å²) in [6, 6.07) is 10.3. The van der Waals surface area contributed by atoms with Crippen LogP contribution in [-0.4, -0.2) is 21.4 Å². The van der Waals surface area contributed by atoms with Gasteiger partial charge < -0.3 is 0 Å². The second-order valence-electron chi connectivity index (χ2n) is 3.39. The van der Waals surface area contributed by atoms with E-state index < -0.39 is 21.4 Å². The molecule has 1 aromatic rings. The van der Waals surface area contributed by atoms with E-state index in [4.69, 9.17) is 0 Å². The van der Waals surface area contributed by atoms with Crippen molar-refractivity contribution in [2.45, 2.75) is 21.0 Å². The molecule has 0 atom stereocenters. The van der Waals surface area contributed by atoms with Crippen molar-refractivity contribution in [2.24, 2.45) is 0 Å². The van der Waals surface area contributed by atoms with Gasteiger partial charge in [-0.25, -0.2) is 0 Å². The first-order valence-electron chi connectivity index (χ1n) is 4.14. The molecule has 0 heterocycles. The first kappa shape index (κ1) is 11.1. The molecular weight excluding hydrogens is 235 g/mol. The van der Waals surface area contributed by atoms with Gasteiger partial charge in [-0.05, 0) is 6.92 Å². The van der Waals surface area contributed by atoms with E-state index in [1.165, 1.54) is 5.56 Å². The van der Waals surface area contributed by atoms with Crippen molar-refractivity contribution in [1.29, 1.82) is 0 Å². The second kappa shape index (κ2) is 6.78. The van der Waals surface area contributed by atoms with E-state index in [1.54, 1.807) is 0 Å². The zero-order valence-corrected chi connectivity index (χ0v) is 11.3. The first-order valence-corrected chi connectivity index (χ1v) is 14.0. The molecule has 0 unspecified atom stereocenters. The molecule has 0 aliphatic carbocycles. The van der Waals surface area contributed by atoms with Gasteiger partial charge in [-0.15, -0.1) is 0 Å². The number of hydrogen-bond donors (Lipinski definition) is 0. The summed E-state index contributed by atoms with van der Waals surface area (Å²) in [6.45, 7) is 2.08.